The third-order valence-corrected chi connectivity index (χ3v) is 6.08. The molecule has 6 nitrogen and oxygen atoms in total. The molecule has 0 N–H and O–H groups in total. The highest BCUT2D eigenvalue weighted by Gasteiger charge is 2.28. The fourth-order valence-corrected chi connectivity index (χ4v) is 4.40. The second kappa shape index (κ2) is 7.31. The largest absolute Gasteiger partial charge is 0.341 e. The molecule has 0 radical (unpaired) electrons. The maximum Gasteiger partial charge on any atom is 0.210 e. The van der Waals surface area contributed by atoms with Crippen molar-refractivity contribution in [3.8, 4) is 0 Å². The van der Waals surface area contributed by atoms with Crippen LogP contribution < -0.4 is 0 Å². The Morgan fingerprint density at radius 1 is 1.26 bits per heavy atom. The normalized spacial score (nSPS) is 15.1. The molecular formula is C20H23N5OS. The molecule has 4 rings (SSSR count). The second-order valence-corrected chi connectivity index (χ2v) is 8.03. The number of ketones is 1. The van der Waals surface area contributed by atoms with E-state index in [4.69, 9.17) is 0 Å². The van der Waals surface area contributed by atoms with Crippen LogP contribution in [0.25, 0.3) is 0 Å². The Morgan fingerprint density at radius 2 is 2.00 bits per heavy atom. The van der Waals surface area contributed by atoms with E-state index in [2.05, 4.69) is 46.1 Å². The molecule has 27 heavy (non-hydrogen) atoms. The zero-order valence-corrected chi connectivity index (χ0v) is 16.6. The predicted molar refractivity (Wildman–Crippen MR) is 105 cm³/mol. The summed E-state index contributed by atoms with van der Waals surface area (Å²) in [6.07, 6.45) is 2.23. The lowest BCUT2D eigenvalue weighted by atomic mass is 10.1. The first-order valence-electron chi connectivity index (χ1n) is 9.23. The Labute approximate surface area is 163 Å². The van der Waals surface area contributed by atoms with Crippen LogP contribution in [0.3, 0.4) is 0 Å². The summed E-state index contributed by atoms with van der Waals surface area (Å²) >= 11 is 1.42. The molecule has 2 aromatic heterocycles. The number of aryl methyl sites for hydroxylation is 1. The van der Waals surface area contributed by atoms with Gasteiger partial charge in [-0.05, 0) is 55.7 Å². The summed E-state index contributed by atoms with van der Waals surface area (Å²) in [4.78, 5) is 12.9. The fourth-order valence-electron chi connectivity index (χ4n) is 3.57. The Bertz CT molecular complexity index is 958. The standard InChI is InChI=1S/C20H23N5OS/c1-13-11-18(15(3)24(13)14(2)16-7-5-4-6-8-16)19(26)12-27-20-21-22-23-25(20)17-9-10-17/h4-8,11,14,17H,9-10,12H2,1-3H3/t14-/m0/s1. The van der Waals surface area contributed by atoms with Crippen LogP contribution in [0.2, 0.25) is 0 Å². The lowest BCUT2D eigenvalue weighted by Gasteiger charge is -2.19. The molecule has 1 aliphatic carbocycles. The van der Waals surface area contributed by atoms with Crippen molar-refractivity contribution in [3.63, 3.8) is 0 Å². The number of carbonyl (C=O) groups is 1. The highest BCUT2D eigenvalue weighted by Crippen LogP contribution is 2.36. The van der Waals surface area contributed by atoms with Gasteiger partial charge in [-0.25, -0.2) is 4.68 Å². The van der Waals surface area contributed by atoms with Crippen LogP contribution >= 0.6 is 11.8 Å². The number of Topliss-reactive ketones (excluding diaryl/α,β-unsaturated/α-hetero) is 1. The van der Waals surface area contributed by atoms with Crippen LogP contribution in [0.5, 0.6) is 0 Å². The van der Waals surface area contributed by atoms with Crippen molar-refractivity contribution in [2.24, 2.45) is 0 Å². The lowest BCUT2D eigenvalue weighted by molar-refractivity contribution is 0.102. The highest BCUT2D eigenvalue weighted by atomic mass is 32.2. The maximum atomic E-state index is 12.9. The van der Waals surface area contributed by atoms with Gasteiger partial charge in [0.1, 0.15) is 0 Å². The monoisotopic (exact) mass is 381 g/mol. The van der Waals surface area contributed by atoms with Crippen molar-refractivity contribution in [1.82, 2.24) is 24.8 Å². The molecule has 1 aromatic carbocycles. The van der Waals surface area contributed by atoms with Crippen LogP contribution in [0.4, 0.5) is 0 Å². The molecule has 1 fully saturated rings. The van der Waals surface area contributed by atoms with Crippen molar-refractivity contribution >= 4 is 17.5 Å². The van der Waals surface area contributed by atoms with Gasteiger partial charge >= 0.3 is 0 Å². The Balaban J connectivity index is 1.52. The first-order valence-corrected chi connectivity index (χ1v) is 10.2. The minimum Gasteiger partial charge on any atom is -0.341 e. The minimum absolute atomic E-state index is 0.116. The van der Waals surface area contributed by atoms with Gasteiger partial charge in [0.05, 0.1) is 17.8 Å². The quantitative estimate of drug-likeness (QED) is 0.457. The van der Waals surface area contributed by atoms with E-state index in [9.17, 15) is 4.79 Å². The summed E-state index contributed by atoms with van der Waals surface area (Å²) in [5, 5.41) is 12.6. The Morgan fingerprint density at radius 3 is 2.70 bits per heavy atom. The summed E-state index contributed by atoms with van der Waals surface area (Å²) < 4.78 is 4.08. The lowest BCUT2D eigenvalue weighted by Crippen LogP contribution is -2.12. The predicted octanol–water partition coefficient (Wildman–Crippen LogP) is 4.01. The molecule has 0 amide bonds. The number of carbonyl (C=O) groups excluding carboxylic acids is 1. The number of benzene rings is 1. The number of rotatable bonds is 7. The van der Waals surface area contributed by atoms with Gasteiger partial charge in [-0.3, -0.25) is 4.79 Å². The van der Waals surface area contributed by atoms with Crippen molar-refractivity contribution in [2.45, 2.75) is 50.9 Å². The number of tetrazole rings is 1. The molecular weight excluding hydrogens is 358 g/mol. The first-order chi connectivity index (χ1) is 13.1. The fraction of sp³-hybridized carbons (Fsp3) is 0.400. The van der Waals surface area contributed by atoms with E-state index in [0.29, 0.717) is 11.8 Å². The Hall–Kier alpha value is -2.41. The number of hydrogen-bond donors (Lipinski definition) is 0. The van der Waals surface area contributed by atoms with Gasteiger partial charge in [0, 0.05) is 17.0 Å². The zero-order valence-electron chi connectivity index (χ0n) is 15.8. The number of hydrogen-bond acceptors (Lipinski definition) is 5. The SMILES string of the molecule is Cc1cc(C(=O)CSc2nnnn2C2CC2)c(C)n1[C@@H](C)c1ccccc1. The van der Waals surface area contributed by atoms with Crippen LogP contribution in [0.1, 0.15) is 59.2 Å². The van der Waals surface area contributed by atoms with E-state index in [1.807, 2.05) is 35.9 Å². The zero-order chi connectivity index (χ0) is 19.0. The van der Waals surface area contributed by atoms with Crippen LogP contribution in [0, 0.1) is 13.8 Å². The summed E-state index contributed by atoms with van der Waals surface area (Å²) in [5.74, 6) is 0.460. The molecule has 0 saturated heterocycles. The number of thioether (sulfide) groups is 1. The molecule has 1 atom stereocenters. The van der Waals surface area contributed by atoms with E-state index < -0.39 is 0 Å². The molecule has 7 heteroatoms. The number of aromatic nitrogens is 5. The van der Waals surface area contributed by atoms with Gasteiger partial charge < -0.3 is 4.57 Å². The second-order valence-electron chi connectivity index (χ2n) is 7.09. The third-order valence-electron chi connectivity index (χ3n) is 5.14. The van der Waals surface area contributed by atoms with E-state index in [1.165, 1.54) is 17.3 Å². The van der Waals surface area contributed by atoms with Crippen molar-refractivity contribution in [2.75, 3.05) is 5.75 Å². The molecule has 3 aromatic rings. The van der Waals surface area contributed by atoms with Gasteiger partial charge in [0.25, 0.3) is 0 Å². The van der Waals surface area contributed by atoms with Crippen molar-refractivity contribution in [3.05, 3.63) is 58.9 Å². The van der Waals surface area contributed by atoms with Crippen molar-refractivity contribution < 1.29 is 4.79 Å². The molecule has 0 unspecified atom stereocenters. The molecule has 2 heterocycles. The van der Waals surface area contributed by atoms with Gasteiger partial charge in [-0.15, -0.1) is 5.10 Å². The first kappa shape index (κ1) is 18.0. The van der Waals surface area contributed by atoms with Gasteiger partial charge in [0.15, 0.2) is 5.78 Å². The average molecular weight is 382 g/mol. The van der Waals surface area contributed by atoms with Crippen LogP contribution in [0.15, 0.2) is 41.6 Å². The highest BCUT2D eigenvalue weighted by molar-refractivity contribution is 7.99. The van der Waals surface area contributed by atoms with E-state index >= 15 is 0 Å². The van der Waals surface area contributed by atoms with Gasteiger partial charge in [0.2, 0.25) is 5.16 Å². The average Bonchev–Trinajstić information content (AvgIpc) is 3.34. The van der Waals surface area contributed by atoms with E-state index in [0.717, 1.165) is 34.9 Å². The van der Waals surface area contributed by atoms with Gasteiger partial charge in [-0.1, -0.05) is 42.1 Å². The third kappa shape index (κ3) is 3.56. The molecule has 0 bridgehead atoms. The maximum absolute atomic E-state index is 12.9. The van der Waals surface area contributed by atoms with E-state index in [1.54, 1.807) is 0 Å². The molecule has 140 valence electrons. The summed E-state index contributed by atoms with van der Waals surface area (Å²) in [5.41, 5.74) is 4.13. The molecule has 0 aliphatic heterocycles. The summed E-state index contributed by atoms with van der Waals surface area (Å²) in [6.45, 7) is 6.25. The van der Waals surface area contributed by atoms with Crippen LogP contribution in [-0.4, -0.2) is 36.3 Å². The smallest absolute Gasteiger partial charge is 0.210 e. The van der Waals surface area contributed by atoms with Crippen LogP contribution in [-0.2, 0) is 0 Å². The van der Waals surface area contributed by atoms with E-state index in [-0.39, 0.29) is 11.8 Å². The molecule has 1 saturated carbocycles. The topological polar surface area (TPSA) is 65.6 Å². The number of nitrogens with zero attached hydrogens (tertiary/aromatic N) is 5. The van der Waals surface area contributed by atoms with Gasteiger partial charge in [-0.2, -0.15) is 0 Å². The Kier molecular flexibility index (Phi) is 4.86. The summed E-state index contributed by atoms with van der Waals surface area (Å²) in [6, 6.07) is 13.0. The molecule has 1 aliphatic rings. The molecule has 0 spiro atoms. The van der Waals surface area contributed by atoms with Crippen molar-refractivity contribution in [1.29, 1.82) is 0 Å². The minimum atomic E-state index is 0.116. The summed E-state index contributed by atoms with van der Waals surface area (Å²) in [7, 11) is 0.